The Hall–Kier alpha value is -1.26. The molecule has 2 rings (SSSR count). The molecule has 18 heavy (non-hydrogen) atoms. The molecule has 0 fully saturated rings. The number of halogens is 1. The van der Waals surface area contributed by atoms with Crippen molar-refractivity contribution in [3.63, 3.8) is 0 Å². The first-order chi connectivity index (χ1) is 9.40. The second-order valence-corrected chi connectivity index (χ2v) is 3.92. The standard InChI is InChI=1S/C13H17NO3.ClH/c1-3-4-10(14-2)13(15)9-5-6-11-12(7-9)17-8-16-11;/h5-7,10,14H,3-4,8H2,1-2H3;1H/i2+1D3;. The summed E-state index contributed by atoms with van der Waals surface area (Å²) in [6, 6.07) is 4.15. The smallest absolute Gasteiger partial charge is 0.231 e. The largest absolute Gasteiger partial charge is 0.454 e. The topological polar surface area (TPSA) is 47.6 Å². The average molecular weight is 276 g/mol. The fraction of sp³-hybridized carbons (Fsp3) is 0.462. The van der Waals surface area contributed by atoms with Gasteiger partial charge in [0, 0.05) is 9.68 Å². The van der Waals surface area contributed by atoms with Crippen molar-refractivity contribution >= 4 is 18.2 Å². The van der Waals surface area contributed by atoms with E-state index < -0.39 is 13.0 Å². The molecule has 5 heteroatoms. The van der Waals surface area contributed by atoms with E-state index in [9.17, 15) is 4.79 Å². The van der Waals surface area contributed by atoms with E-state index >= 15 is 0 Å². The molecule has 1 aromatic rings. The van der Waals surface area contributed by atoms with Gasteiger partial charge in [-0.1, -0.05) is 13.3 Å². The molecule has 0 bridgehead atoms. The summed E-state index contributed by atoms with van der Waals surface area (Å²) >= 11 is 0. The second-order valence-electron chi connectivity index (χ2n) is 3.92. The number of carbonyl (C=O) groups excluding carboxylic acids is 1. The van der Waals surface area contributed by atoms with E-state index in [-0.39, 0.29) is 25.0 Å². The van der Waals surface area contributed by atoms with Crippen LogP contribution in [-0.2, 0) is 0 Å². The maximum absolute atomic E-state index is 12.4. The summed E-state index contributed by atoms with van der Waals surface area (Å²) in [5.41, 5.74) is 0.421. The molecular weight excluding hydrogens is 255 g/mol. The van der Waals surface area contributed by atoms with Crippen LogP contribution in [0.15, 0.2) is 18.2 Å². The van der Waals surface area contributed by atoms with Gasteiger partial charge in [-0.15, -0.1) is 12.4 Å². The minimum Gasteiger partial charge on any atom is -0.454 e. The van der Waals surface area contributed by atoms with Crippen LogP contribution in [0.25, 0.3) is 0 Å². The lowest BCUT2D eigenvalue weighted by atomic mass is 10.0. The van der Waals surface area contributed by atoms with E-state index in [1.165, 1.54) is 0 Å². The molecule has 0 aliphatic carbocycles. The second kappa shape index (κ2) is 6.61. The molecule has 0 radical (unpaired) electrons. The zero-order chi connectivity index (χ0) is 14.8. The Morgan fingerprint density at radius 3 is 3.00 bits per heavy atom. The number of benzene rings is 1. The Morgan fingerprint density at radius 2 is 2.28 bits per heavy atom. The minimum absolute atomic E-state index is 0. The highest BCUT2D eigenvalue weighted by molar-refractivity contribution is 6.00. The van der Waals surface area contributed by atoms with E-state index in [2.05, 4.69) is 5.32 Å². The molecule has 4 nitrogen and oxygen atoms in total. The summed E-state index contributed by atoms with van der Waals surface area (Å²) in [5, 5.41) is 2.40. The Bertz CT molecular complexity index is 508. The van der Waals surface area contributed by atoms with Gasteiger partial charge in [-0.05, 0) is 31.6 Å². The van der Waals surface area contributed by atoms with Crippen molar-refractivity contribution in [3.05, 3.63) is 23.8 Å². The fourth-order valence-electron chi connectivity index (χ4n) is 1.81. The Morgan fingerprint density at radius 1 is 1.50 bits per heavy atom. The van der Waals surface area contributed by atoms with Gasteiger partial charge in [-0.25, -0.2) is 0 Å². The lowest BCUT2D eigenvalue weighted by Gasteiger charge is -2.14. The fourth-order valence-corrected chi connectivity index (χ4v) is 1.81. The van der Waals surface area contributed by atoms with Gasteiger partial charge in [0.05, 0.1) is 6.04 Å². The van der Waals surface area contributed by atoms with Crippen molar-refractivity contribution in [1.82, 2.24) is 5.32 Å². The van der Waals surface area contributed by atoms with E-state index in [1.54, 1.807) is 18.2 Å². The van der Waals surface area contributed by atoms with Crippen LogP contribution in [0.4, 0.5) is 0 Å². The predicted octanol–water partition coefficient (Wildman–Crippen LogP) is 2.41. The number of ketones is 1. The highest BCUT2D eigenvalue weighted by Crippen LogP contribution is 2.32. The molecule has 1 heterocycles. The van der Waals surface area contributed by atoms with Gasteiger partial charge in [0.1, 0.15) is 0 Å². The summed E-state index contributed by atoms with van der Waals surface area (Å²) < 4.78 is 32.1. The van der Waals surface area contributed by atoms with Crippen LogP contribution < -0.4 is 14.8 Å². The summed E-state index contributed by atoms with van der Waals surface area (Å²) in [4.78, 5) is 12.4. The highest BCUT2D eigenvalue weighted by Gasteiger charge is 2.20. The van der Waals surface area contributed by atoms with Crippen molar-refractivity contribution < 1.29 is 18.4 Å². The highest BCUT2D eigenvalue weighted by atomic mass is 35.5. The molecule has 1 aromatic carbocycles. The number of nitrogens with one attached hydrogen (secondary N) is 1. The Balaban J connectivity index is 0.00000220. The lowest BCUT2D eigenvalue weighted by Crippen LogP contribution is -2.33. The maximum Gasteiger partial charge on any atom is 0.231 e. The summed E-state index contributed by atoms with van der Waals surface area (Å²) in [5.74, 6) is 0.860. The molecule has 1 aliphatic heterocycles. The van der Waals surface area contributed by atoms with Crippen LogP contribution in [0.2, 0.25) is 0 Å². The molecule has 1 unspecified atom stereocenters. The zero-order valence-electron chi connectivity index (χ0n) is 13.1. The van der Waals surface area contributed by atoms with E-state index in [1.807, 2.05) is 6.92 Å². The predicted molar refractivity (Wildman–Crippen MR) is 71.9 cm³/mol. The molecule has 0 saturated heterocycles. The van der Waals surface area contributed by atoms with Crippen molar-refractivity contribution in [2.45, 2.75) is 25.8 Å². The van der Waals surface area contributed by atoms with Gasteiger partial charge in [0.15, 0.2) is 17.3 Å². The Labute approximate surface area is 117 Å². The SMILES string of the molecule is Cl.[2H][13C]([2H])([2H])NC(CCC)C(=O)c1ccc2c(c1)OCO2. The molecule has 1 atom stereocenters. The van der Waals surface area contributed by atoms with Gasteiger partial charge in [-0.2, -0.15) is 0 Å². The first-order valence-corrected chi connectivity index (χ1v) is 5.62. The van der Waals surface area contributed by atoms with Gasteiger partial charge >= 0.3 is 0 Å². The average Bonchev–Trinajstić information content (AvgIpc) is 2.83. The number of likely N-dealkylation sites (N-methyl/N-ethyl adjacent to an activating group) is 1. The quantitative estimate of drug-likeness (QED) is 0.662. The molecule has 1 aliphatic rings. The molecule has 0 spiro atoms. The van der Waals surface area contributed by atoms with Gasteiger partial charge in [0.25, 0.3) is 0 Å². The minimum atomic E-state index is -2.34. The first-order valence-electron chi connectivity index (χ1n) is 7.12. The maximum atomic E-state index is 12.4. The van der Waals surface area contributed by atoms with Crippen molar-refractivity contribution in [1.29, 1.82) is 0 Å². The normalized spacial score (nSPS) is 17.1. The van der Waals surface area contributed by atoms with Crippen molar-refractivity contribution in [2.75, 3.05) is 13.8 Å². The third kappa shape index (κ3) is 2.94. The van der Waals surface area contributed by atoms with Crippen LogP contribution in [0.1, 0.15) is 34.2 Å². The summed E-state index contributed by atoms with van der Waals surface area (Å²) in [6.07, 6.45) is 1.18. The van der Waals surface area contributed by atoms with Crippen LogP contribution in [0.3, 0.4) is 0 Å². The van der Waals surface area contributed by atoms with Gasteiger partial charge in [-0.3, -0.25) is 4.79 Å². The van der Waals surface area contributed by atoms with E-state index in [0.29, 0.717) is 29.9 Å². The molecule has 0 saturated carbocycles. The zero-order valence-corrected chi connectivity index (χ0v) is 10.9. The number of Topliss-reactive ketones (excluding diaryl/α,β-unsaturated/α-hetero) is 1. The number of ether oxygens (including phenoxy) is 2. The number of hydrogen-bond acceptors (Lipinski definition) is 4. The third-order valence-corrected chi connectivity index (χ3v) is 2.73. The molecule has 1 N–H and O–H groups in total. The molecule has 0 aromatic heterocycles. The van der Waals surface area contributed by atoms with Crippen LogP contribution in [0, 0.1) is 0 Å². The summed E-state index contributed by atoms with van der Waals surface area (Å²) in [7, 11) is 0. The molecule has 100 valence electrons. The van der Waals surface area contributed by atoms with Crippen LogP contribution in [0.5, 0.6) is 11.5 Å². The van der Waals surface area contributed by atoms with Crippen LogP contribution in [-0.4, -0.2) is 25.6 Å². The number of rotatable bonds is 5. The van der Waals surface area contributed by atoms with Crippen molar-refractivity contribution in [3.8, 4) is 11.5 Å². The van der Waals surface area contributed by atoms with Gasteiger partial charge < -0.3 is 14.8 Å². The number of hydrogen-bond donors (Lipinski definition) is 1. The lowest BCUT2D eigenvalue weighted by molar-refractivity contribution is 0.0941. The van der Waals surface area contributed by atoms with Crippen LogP contribution >= 0.6 is 12.4 Å². The molecule has 0 amide bonds. The molecular formula is C13H18ClNO3. The third-order valence-electron chi connectivity index (χ3n) is 2.73. The monoisotopic (exact) mass is 275 g/mol. The Kier molecular flexibility index (Phi) is 3.91. The van der Waals surface area contributed by atoms with Crippen molar-refractivity contribution in [2.24, 2.45) is 0 Å². The summed E-state index contributed by atoms with van der Waals surface area (Å²) in [6.45, 7) is -0.300. The first kappa shape index (κ1) is 10.6. The van der Waals surface area contributed by atoms with E-state index in [0.717, 1.165) is 0 Å². The number of fused-ring (bicyclic) bond motifs is 1. The van der Waals surface area contributed by atoms with Gasteiger partial charge in [0.2, 0.25) is 6.79 Å². The van der Waals surface area contributed by atoms with E-state index in [4.69, 9.17) is 13.6 Å². The number of carbonyl (C=O) groups is 1.